The first-order valence-electron chi connectivity index (χ1n) is 6.53. The normalized spacial score (nSPS) is 13.6. The monoisotopic (exact) mass is 323 g/mol. The Morgan fingerprint density at radius 3 is 2.38 bits per heavy atom. The zero-order valence-corrected chi connectivity index (χ0v) is 12.9. The van der Waals surface area contributed by atoms with Gasteiger partial charge in [-0.1, -0.05) is 11.3 Å². The molecule has 7 nitrogen and oxygen atoms in total. The van der Waals surface area contributed by atoms with Crippen LogP contribution in [0.1, 0.15) is 28.4 Å². The minimum absolute atomic E-state index is 0.311. The highest BCUT2D eigenvalue weighted by Crippen LogP contribution is 2.29. The molecule has 0 atom stereocenters. The second-order valence-electron chi connectivity index (χ2n) is 4.63. The van der Waals surface area contributed by atoms with E-state index in [2.05, 4.69) is 25.8 Å². The van der Waals surface area contributed by atoms with Crippen molar-refractivity contribution in [2.24, 2.45) is 0 Å². The molecule has 0 bridgehead atoms. The molecule has 0 unspecified atom stereocenters. The topological polar surface area (TPSA) is 96.9 Å². The van der Waals surface area contributed by atoms with Gasteiger partial charge in [-0.05, 0) is 32.6 Å². The highest BCUT2D eigenvalue weighted by atomic mass is 32.1. The van der Waals surface area contributed by atoms with E-state index in [1.165, 1.54) is 27.6 Å². The van der Waals surface area contributed by atoms with Crippen LogP contribution in [-0.4, -0.2) is 27.0 Å². The molecular formula is C12H13N5O2S2. The fourth-order valence-electron chi connectivity index (χ4n) is 2.06. The Morgan fingerprint density at radius 2 is 1.71 bits per heavy atom. The predicted octanol–water partition coefficient (Wildman–Crippen LogP) is 1.76. The largest absolute Gasteiger partial charge is 0.315 e. The van der Waals surface area contributed by atoms with Crippen LogP contribution in [0.2, 0.25) is 0 Å². The van der Waals surface area contributed by atoms with E-state index in [4.69, 9.17) is 0 Å². The van der Waals surface area contributed by atoms with Crippen molar-refractivity contribution in [1.82, 2.24) is 15.2 Å². The fourth-order valence-corrected chi connectivity index (χ4v) is 3.69. The summed E-state index contributed by atoms with van der Waals surface area (Å²) in [6, 6.07) is 0. The number of anilines is 2. The number of carbonyl (C=O) groups is 2. The molecule has 2 N–H and O–H groups in total. The Morgan fingerprint density at radius 1 is 1.00 bits per heavy atom. The number of nitrogens with one attached hydrogen (secondary N) is 2. The third-order valence-corrected chi connectivity index (χ3v) is 4.85. The van der Waals surface area contributed by atoms with Crippen molar-refractivity contribution < 1.29 is 9.59 Å². The van der Waals surface area contributed by atoms with Gasteiger partial charge in [-0.3, -0.25) is 20.2 Å². The highest BCUT2D eigenvalue weighted by molar-refractivity contribution is 7.16. The Kier molecular flexibility index (Phi) is 3.93. The molecule has 1 aliphatic rings. The lowest BCUT2D eigenvalue weighted by molar-refractivity contribution is -0.133. The first kappa shape index (κ1) is 14.1. The molecule has 110 valence electrons. The average molecular weight is 323 g/mol. The van der Waals surface area contributed by atoms with Crippen LogP contribution in [0.5, 0.6) is 0 Å². The van der Waals surface area contributed by atoms with Crippen LogP contribution in [-0.2, 0) is 22.4 Å². The molecule has 2 aromatic rings. The predicted molar refractivity (Wildman–Crippen MR) is 80.7 cm³/mol. The number of aromatic nitrogens is 3. The number of nitrogens with zero attached hydrogens (tertiary/aromatic N) is 3. The van der Waals surface area contributed by atoms with Gasteiger partial charge in [-0.2, -0.15) is 0 Å². The van der Waals surface area contributed by atoms with E-state index in [1.54, 1.807) is 6.92 Å². The van der Waals surface area contributed by atoms with Crippen molar-refractivity contribution in [3.05, 3.63) is 15.6 Å². The standard InChI is InChI=1S/C12H13N5O2S2/c1-6-16-17-12(20-6)15-10(19)9(18)14-11-13-7-4-2-3-5-8(7)21-11/h2-5H2,1H3,(H,13,14,18)(H,15,17,19). The van der Waals surface area contributed by atoms with E-state index in [9.17, 15) is 9.59 Å². The molecule has 0 radical (unpaired) electrons. The van der Waals surface area contributed by atoms with Crippen LogP contribution < -0.4 is 10.6 Å². The molecule has 3 rings (SSSR count). The molecule has 0 spiro atoms. The molecule has 0 aliphatic heterocycles. The first-order valence-corrected chi connectivity index (χ1v) is 8.16. The lowest BCUT2D eigenvalue weighted by Gasteiger charge is -2.06. The zero-order valence-electron chi connectivity index (χ0n) is 11.3. The number of hydrogen-bond acceptors (Lipinski definition) is 7. The number of rotatable bonds is 2. The van der Waals surface area contributed by atoms with Crippen molar-refractivity contribution in [1.29, 1.82) is 0 Å². The van der Waals surface area contributed by atoms with Crippen LogP contribution in [0.15, 0.2) is 0 Å². The number of fused-ring (bicyclic) bond motifs is 1. The smallest absolute Gasteiger partial charge is 0.294 e. The third kappa shape index (κ3) is 3.24. The van der Waals surface area contributed by atoms with Gasteiger partial charge in [0.15, 0.2) is 5.13 Å². The second kappa shape index (κ2) is 5.86. The fraction of sp³-hybridized carbons (Fsp3) is 0.417. The number of hydrogen-bond donors (Lipinski definition) is 2. The van der Waals surface area contributed by atoms with Gasteiger partial charge in [0.25, 0.3) is 0 Å². The molecule has 2 heterocycles. The van der Waals surface area contributed by atoms with Crippen molar-refractivity contribution in [2.75, 3.05) is 10.6 Å². The maximum Gasteiger partial charge on any atom is 0.315 e. The summed E-state index contributed by atoms with van der Waals surface area (Å²) >= 11 is 2.66. The molecular weight excluding hydrogens is 310 g/mol. The van der Waals surface area contributed by atoms with Crippen molar-refractivity contribution >= 4 is 44.8 Å². The van der Waals surface area contributed by atoms with Gasteiger partial charge in [0.2, 0.25) is 5.13 Å². The summed E-state index contributed by atoms with van der Waals surface area (Å²) < 4.78 is 0. The Hall–Kier alpha value is -1.87. The van der Waals surface area contributed by atoms with Crippen molar-refractivity contribution in [2.45, 2.75) is 32.6 Å². The molecule has 0 aromatic carbocycles. The van der Waals surface area contributed by atoms with Crippen molar-refractivity contribution in [3.63, 3.8) is 0 Å². The van der Waals surface area contributed by atoms with E-state index in [0.717, 1.165) is 36.4 Å². The van der Waals surface area contributed by atoms with E-state index < -0.39 is 11.8 Å². The summed E-state index contributed by atoms with van der Waals surface area (Å²) in [7, 11) is 0. The average Bonchev–Trinajstić information content (AvgIpc) is 3.04. The lowest BCUT2D eigenvalue weighted by atomic mass is 10.0. The summed E-state index contributed by atoms with van der Waals surface area (Å²) in [5.74, 6) is -1.51. The minimum Gasteiger partial charge on any atom is -0.294 e. The van der Waals surface area contributed by atoms with Gasteiger partial charge < -0.3 is 0 Å². The summed E-state index contributed by atoms with van der Waals surface area (Å²) in [6.07, 6.45) is 4.22. The zero-order chi connectivity index (χ0) is 14.8. The summed E-state index contributed by atoms with van der Waals surface area (Å²) in [5, 5.41) is 14.0. The SMILES string of the molecule is Cc1nnc(NC(=O)C(=O)Nc2nc3c(s2)CCCC3)s1. The third-order valence-electron chi connectivity index (χ3n) is 3.02. The summed E-state index contributed by atoms with van der Waals surface area (Å²) in [5.41, 5.74) is 1.04. The van der Waals surface area contributed by atoms with Crippen LogP contribution in [0, 0.1) is 6.92 Å². The summed E-state index contributed by atoms with van der Waals surface area (Å²) in [6.45, 7) is 1.77. The van der Waals surface area contributed by atoms with Gasteiger partial charge in [0.1, 0.15) is 5.01 Å². The lowest BCUT2D eigenvalue weighted by Crippen LogP contribution is -2.29. The molecule has 9 heteroatoms. The second-order valence-corrected chi connectivity index (χ2v) is 6.90. The van der Waals surface area contributed by atoms with Gasteiger partial charge >= 0.3 is 11.8 Å². The Bertz CT molecular complexity index is 670. The van der Waals surface area contributed by atoms with Crippen LogP contribution in [0.3, 0.4) is 0 Å². The van der Waals surface area contributed by atoms with E-state index in [1.807, 2.05) is 0 Å². The highest BCUT2D eigenvalue weighted by Gasteiger charge is 2.20. The minimum atomic E-state index is -0.765. The molecule has 1 aliphatic carbocycles. The number of aryl methyl sites for hydroxylation is 3. The van der Waals surface area contributed by atoms with Gasteiger partial charge in [-0.25, -0.2) is 4.98 Å². The first-order chi connectivity index (χ1) is 10.1. The van der Waals surface area contributed by atoms with E-state index in [0.29, 0.717) is 10.3 Å². The molecule has 21 heavy (non-hydrogen) atoms. The van der Waals surface area contributed by atoms with Crippen LogP contribution >= 0.6 is 22.7 Å². The van der Waals surface area contributed by atoms with E-state index in [-0.39, 0.29) is 0 Å². The number of carbonyl (C=O) groups excluding carboxylic acids is 2. The maximum absolute atomic E-state index is 11.8. The van der Waals surface area contributed by atoms with Gasteiger partial charge in [-0.15, -0.1) is 21.5 Å². The van der Waals surface area contributed by atoms with Crippen LogP contribution in [0.4, 0.5) is 10.3 Å². The number of amides is 2. The van der Waals surface area contributed by atoms with Gasteiger partial charge in [0.05, 0.1) is 5.69 Å². The number of thiazole rings is 1. The molecule has 2 amide bonds. The molecule has 0 fully saturated rings. The summed E-state index contributed by atoms with van der Waals surface area (Å²) in [4.78, 5) is 29.2. The van der Waals surface area contributed by atoms with E-state index >= 15 is 0 Å². The Labute approximate surface area is 128 Å². The molecule has 2 aromatic heterocycles. The maximum atomic E-state index is 11.8. The van der Waals surface area contributed by atoms with Crippen LogP contribution in [0.25, 0.3) is 0 Å². The quantitative estimate of drug-likeness (QED) is 0.821. The van der Waals surface area contributed by atoms with Crippen molar-refractivity contribution in [3.8, 4) is 0 Å². The van der Waals surface area contributed by atoms with Gasteiger partial charge in [0, 0.05) is 4.88 Å². The Balaban J connectivity index is 1.62. The molecule has 0 saturated heterocycles. The molecule has 0 saturated carbocycles.